The van der Waals surface area contributed by atoms with Gasteiger partial charge in [0.15, 0.2) is 0 Å². The lowest BCUT2D eigenvalue weighted by atomic mass is 10.1. The van der Waals surface area contributed by atoms with Gasteiger partial charge in [0.25, 0.3) is 0 Å². The average molecular weight is 290 g/mol. The molecule has 1 saturated heterocycles. The van der Waals surface area contributed by atoms with Crippen LogP contribution in [0.1, 0.15) is 24.1 Å². The molecule has 102 valence electrons. The van der Waals surface area contributed by atoms with Crippen molar-refractivity contribution in [2.75, 3.05) is 26.4 Å². The molecule has 1 aromatic heterocycles. The van der Waals surface area contributed by atoms with E-state index in [1.165, 1.54) is 17.7 Å². The number of hydrogen-bond donors (Lipinski definition) is 1. The van der Waals surface area contributed by atoms with E-state index in [0.717, 1.165) is 43.7 Å². The van der Waals surface area contributed by atoms with Crippen LogP contribution in [0.15, 0.2) is 12.1 Å². The van der Waals surface area contributed by atoms with Gasteiger partial charge in [-0.1, -0.05) is 11.6 Å². The zero-order chi connectivity index (χ0) is 12.6. The summed E-state index contributed by atoms with van der Waals surface area (Å²) in [5, 5.41) is 3.34. The Balaban J connectivity index is 1.46. The molecule has 0 saturated carbocycles. The van der Waals surface area contributed by atoms with Gasteiger partial charge >= 0.3 is 0 Å². The number of ether oxygens (including phenoxy) is 2. The molecule has 1 atom stereocenters. The Kier molecular flexibility index (Phi) is 6.45. The summed E-state index contributed by atoms with van der Waals surface area (Å²) in [4.78, 5) is 1.26. The first-order valence-corrected chi connectivity index (χ1v) is 7.68. The van der Waals surface area contributed by atoms with Gasteiger partial charge in [-0.2, -0.15) is 0 Å². The maximum atomic E-state index is 5.86. The van der Waals surface area contributed by atoms with E-state index in [9.17, 15) is 0 Å². The van der Waals surface area contributed by atoms with Crippen LogP contribution in [-0.4, -0.2) is 32.5 Å². The number of nitrogens with one attached hydrogen (secondary N) is 1. The average Bonchev–Trinajstić information content (AvgIpc) is 2.81. The van der Waals surface area contributed by atoms with Crippen molar-refractivity contribution in [1.29, 1.82) is 0 Å². The lowest BCUT2D eigenvalue weighted by molar-refractivity contribution is -0.0399. The molecule has 18 heavy (non-hydrogen) atoms. The van der Waals surface area contributed by atoms with E-state index in [-0.39, 0.29) is 0 Å². The van der Waals surface area contributed by atoms with Crippen LogP contribution in [0.5, 0.6) is 0 Å². The lowest BCUT2D eigenvalue weighted by Crippen LogP contribution is -2.26. The largest absolute Gasteiger partial charge is 0.377 e. The standard InChI is InChI=1S/C13H20ClNO2S/c14-13-5-4-12(18-13)9-15-6-8-16-10-11-3-1-2-7-17-11/h4-5,11,15H,1-3,6-10H2. The first kappa shape index (κ1) is 14.3. The van der Waals surface area contributed by atoms with Crippen LogP contribution in [0.4, 0.5) is 0 Å². The van der Waals surface area contributed by atoms with Gasteiger partial charge in [-0.05, 0) is 31.4 Å². The van der Waals surface area contributed by atoms with Gasteiger partial charge in [-0.15, -0.1) is 11.3 Å². The van der Waals surface area contributed by atoms with Gasteiger partial charge in [0, 0.05) is 24.6 Å². The fraction of sp³-hybridized carbons (Fsp3) is 0.692. The predicted molar refractivity (Wildman–Crippen MR) is 75.4 cm³/mol. The number of halogens is 1. The minimum Gasteiger partial charge on any atom is -0.377 e. The van der Waals surface area contributed by atoms with E-state index < -0.39 is 0 Å². The Hall–Kier alpha value is -0.130. The Bertz CT molecular complexity index is 339. The highest BCUT2D eigenvalue weighted by atomic mass is 35.5. The van der Waals surface area contributed by atoms with Gasteiger partial charge in [0.2, 0.25) is 0 Å². The monoisotopic (exact) mass is 289 g/mol. The van der Waals surface area contributed by atoms with Crippen molar-refractivity contribution in [3.8, 4) is 0 Å². The SMILES string of the molecule is Clc1ccc(CNCCOCC2CCCCO2)s1. The van der Waals surface area contributed by atoms with Crippen molar-refractivity contribution in [2.24, 2.45) is 0 Å². The molecular weight excluding hydrogens is 270 g/mol. The quantitative estimate of drug-likeness (QED) is 0.783. The van der Waals surface area contributed by atoms with Gasteiger partial charge in [-0.3, -0.25) is 0 Å². The fourth-order valence-corrected chi connectivity index (χ4v) is 3.01. The fourth-order valence-electron chi connectivity index (χ4n) is 1.96. The molecule has 1 aromatic rings. The minimum atomic E-state index is 0.315. The Morgan fingerprint density at radius 2 is 2.39 bits per heavy atom. The summed E-state index contributed by atoms with van der Waals surface area (Å²) >= 11 is 7.48. The first-order valence-electron chi connectivity index (χ1n) is 6.49. The lowest BCUT2D eigenvalue weighted by Gasteiger charge is -2.22. The second-order valence-electron chi connectivity index (χ2n) is 4.45. The van der Waals surface area contributed by atoms with Crippen LogP contribution >= 0.6 is 22.9 Å². The molecule has 3 nitrogen and oxygen atoms in total. The van der Waals surface area contributed by atoms with Crippen LogP contribution in [0.2, 0.25) is 4.34 Å². The summed E-state index contributed by atoms with van der Waals surface area (Å²) in [6.45, 7) is 4.08. The van der Waals surface area contributed by atoms with Gasteiger partial charge in [0.05, 0.1) is 23.7 Å². The van der Waals surface area contributed by atoms with Crippen LogP contribution in [-0.2, 0) is 16.0 Å². The van der Waals surface area contributed by atoms with Crippen LogP contribution < -0.4 is 5.32 Å². The van der Waals surface area contributed by atoms with E-state index in [2.05, 4.69) is 11.4 Å². The van der Waals surface area contributed by atoms with E-state index in [1.807, 2.05) is 6.07 Å². The van der Waals surface area contributed by atoms with Crippen molar-refractivity contribution in [3.05, 3.63) is 21.3 Å². The Labute approximate surface area is 117 Å². The summed E-state index contributed by atoms with van der Waals surface area (Å²) in [5.74, 6) is 0. The predicted octanol–water partition coefficient (Wildman–Crippen LogP) is 3.08. The molecule has 1 aliphatic rings. The molecule has 1 fully saturated rings. The second-order valence-corrected chi connectivity index (χ2v) is 6.25. The van der Waals surface area contributed by atoms with Crippen LogP contribution in [0.3, 0.4) is 0 Å². The second kappa shape index (κ2) is 8.12. The van der Waals surface area contributed by atoms with E-state index in [1.54, 1.807) is 11.3 Å². The first-order chi connectivity index (χ1) is 8.84. The van der Waals surface area contributed by atoms with Crippen molar-refractivity contribution < 1.29 is 9.47 Å². The zero-order valence-corrected chi connectivity index (χ0v) is 12.1. The van der Waals surface area contributed by atoms with Crippen molar-refractivity contribution >= 4 is 22.9 Å². The highest BCUT2D eigenvalue weighted by Crippen LogP contribution is 2.20. The van der Waals surface area contributed by atoms with E-state index >= 15 is 0 Å². The molecule has 0 aromatic carbocycles. The summed E-state index contributed by atoms with van der Waals surface area (Å²) in [6.07, 6.45) is 3.92. The molecule has 0 spiro atoms. The molecular formula is C13H20ClNO2S. The molecule has 0 aliphatic carbocycles. The smallest absolute Gasteiger partial charge is 0.0931 e. The molecule has 0 amide bonds. The third-order valence-corrected chi connectivity index (χ3v) is 4.16. The van der Waals surface area contributed by atoms with E-state index in [4.69, 9.17) is 21.1 Å². The maximum absolute atomic E-state index is 5.86. The van der Waals surface area contributed by atoms with E-state index in [0.29, 0.717) is 6.10 Å². The van der Waals surface area contributed by atoms with Crippen molar-refractivity contribution in [3.63, 3.8) is 0 Å². The van der Waals surface area contributed by atoms with Crippen LogP contribution in [0.25, 0.3) is 0 Å². The number of rotatable bonds is 7. The highest BCUT2D eigenvalue weighted by molar-refractivity contribution is 7.16. The van der Waals surface area contributed by atoms with Gasteiger partial charge in [0.1, 0.15) is 0 Å². The van der Waals surface area contributed by atoms with Crippen molar-refractivity contribution in [2.45, 2.75) is 31.9 Å². The zero-order valence-electron chi connectivity index (χ0n) is 10.5. The topological polar surface area (TPSA) is 30.5 Å². The summed E-state index contributed by atoms with van der Waals surface area (Å²) in [5.41, 5.74) is 0. The minimum absolute atomic E-state index is 0.315. The summed E-state index contributed by atoms with van der Waals surface area (Å²) < 4.78 is 12.0. The number of hydrogen-bond acceptors (Lipinski definition) is 4. The molecule has 1 N–H and O–H groups in total. The van der Waals surface area contributed by atoms with Gasteiger partial charge < -0.3 is 14.8 Å². The third kappa shape index (κ3) is 5.24. The maximum Gasteiger partial charge on any atom is 0.0931 e. The third-order valence-electron chi connectivity index (χ3n) is 2.93. The Morgan fingerprint density at radius 3 is 3.11 bits per heavy atom. The normalized spacial score (nSPS) is 20.2. The molecule has 1 unspecified atom stereocenters. The van der Waals surface area contributed by atoms with Gasteiger partial charge in [-0.25, -0.2) is 0 Å². The molecule has 1 aliphatic heterocycles. The van der Waals surface area contributed by atoms with Crippen LogP contribution in [0, 0.1) is 0 Å². The Morgan fingerprint density at radius 1 is 1.44 bits per heavy atom. The molecule has 5 heteroatoms. The molecule has 0 radical (unpaired) electrons. The van der Waals surface area contributed by atoms with Crippen molar-refractivity contribution in [1.82, 2.24) is 5.32 Å². The summed E-state index contributed by atoms with van der Waals surface area (Å²) in [6, 6.07) is 3.98. The summed E-state index contributed by atoms with van der Waals surface area (Å²) in [7, 11) is 0. The molecule has 0 bridgehead atoms. The highest BCUT2D eigenvalue weighted by Gasteiger charge is 2.13. The number of thiophene rings is 1. The molecule has 2 rings (SSSR count). The molecule has 2 heterocycles.